The van der Waals surface area contributed by atoms with Crippen molar-refractivity contribution in [3.05, 3.63) is 22.2 Å². The highest BCUT2D eigenvalue weighted by Gasteiger charge is 2.47. The Hall–Kier alpha value is -2.38. The van der Waals surface area contributed by atoms with E-state index in [-0.39, 0.29) is 17.3 Å². The lowest BCUT2D eigenvalue weighted by molar-refractivity contribution is -0.136. The Morgan fingerprint density at radius 2 is 1.88 bits per heavy atom. The third kappa shape index (κ3) is 2.42. The third-order valence-electron chi connectivity index (χ3n) is 5.88. The molecule has 1 aliphatic rings. The van der Waals surface area contributed by atoms with Crippen LogP contribution in [0.15, 0.2) is 10.9 Å². The fourth-order valence-electron chi connectivity index (χ4n) is 3.62. The summed E-state index contributed by atoms with van der Waals surface area (Å²) >= 11 is 0. The van der Waals surface area contributed by atoms with Gasteiger partial charge in [-0.3, -0.25) is 24.3 Å². The van der Waals surface area contributed by atoms with Gasteiger partial charge < -0.3 is 5.73 Å². The summed E-state index contributed by atoms with van der Waals surface area (Å²) in [4.78, 5) is 42.7. The third-order valence-corrected chi connectivity index (χ3v) is 5.88. The predicted molar refractivity (Wildman–Crippen MR) is 116 cm³/mol. The van der Waals surface area contributed by atoms with Crippen molar-refractivity contribution in [2.75, 3.05) is 5.73 Å². The number of amides is 2. The Morgan fingerprint density at radius 1 is 1.27 bits per heavy atom. The van der Waals surface area contributed by atoms with Crippen LogP contribution in [-0.4, -0.2) is 60.6 Å². The maximum absolute atomic E-state index is 13.3. The van der Waals surface area contributed by atoms with E-state index in [2.05, 4.69) is 10.3 Å². The van der Waals surface area contributed by atoms with Gasteiger partial charge in [0.1, 0.15) is 51.1 Å². The average Bonchev–Trinajstić information content (AvgIpc) is 2.53. The van der Waals surface area contributed by atoms with Gasteiger partial charge in [0, 0.05) is 5.69 Å². The van der Waals surface area contributed by atoms with Crippen molar-refractivity contribution >= 4 is 78.6 Å². The van der Waals surface area contributed by atoms with Crippen molar-refractivity contribution in [2.45, 2.75) is 24.0 Å². The molecule has 26 heavy (non-hydrogen) atoms. The van der Waals surface area contributed by atoms with Crippen LogP contribution in [0, 0.1) is 6.92 Å². The average molecular weight is 345 g/mol. The molecule has 2 aromatic rings. The van der Waals surface area contributed by atoms with Gasteiger partial charge in [-0.2, -0.15) is 0 Å². The highest BCUT2D eigenvalue weighted by atomic mass is 16.2. The van der Waals surface area contributed by atoms with E-state index in [1.165, 1.54) is 4.57 Å². The van der Waals surface area contributed by atoms with Crippen LogP contribution in [0.2, 0.25) is 11.0 Å². The maximum atomic E-state index is 13.3. The summed E-state index contributed by atoms with van der Waals surface area (Å²) in [6, 6.07) is 0.922. The molecule has 12 heteroatoms. The molecule has 1 aromatic heterocycles. The molecule has 1 aromatic carbocycles. The Morgan fingerprint density at radius 3 is 2.50 bits per heavy atom. The van der Waals surface area contributed by atoms with Gasteiger partial charge >= 0.3 is 0 Å². The highest BCUT2D eigenvalue weighted by Crippen LogP contribution is 2.42. The van der Waals surface area contributed by atoms with Gasteiger partial charge in [-0.15, -0.1) is 0 Å². The molecular weight excluding hydrogens is 326 g/mol. The minimum absolute atomic E-state index is 0.313. The summed E-state index contributed by atoms with van der Waals surface area (Å²) in [5, 5.41) is 1.91. The van der Waals surface area contributed by atoms with Crippen LogP contribution in [0.25, 0.3) is 10.9 Å². The number of piperidine rings is 1. The normalized spacial score (nSPS) is 22.3. The van der Waals surface area contributed by atoms with Crippen LogP contribution in [0.5, 0.6) is 0 Å². The van der Waals surface area contributed by atoms with Crippen molar-refractivity contribution in [2.24, 2.45) is 0 Å². The molecule has 1 aliphatic heterocycles. The zero-order chi connectivity index (χ0) is 19.5. The van der Waals surface area contributed by atoms with Crippen molar-refractivity contribution < 1.29 is 9.59 Å². The number of hydrogen-bond donors (Lipinski definition) is 2. The molecule has 1 fully saturated rings. The number of imide groups is 1. The van der Waals surface area contributed by atoms with Crippen LogP contribution >= 0.6 is 0 Å². The Bertz CT molecular complexity index is 1040. The number of benzene rings is 1. The van der Waals surface area contributed by atoms with Crippen LogP contribution in [0.4, 0.5) is 5.69 Å². The van der Waals surface area contributed by atoms with E-state index in [1.807, 2.05) is 15.7 Å². The van der Waals surface area contributed by atoms with E-state index in [0.717, 1.165) is 10.9 Å². The number of hydrogen-bond acceptors (Lipinski definition) is 5. The standard InChI is InChI=1S/C14H19B5N4O3/c1-3-21-8-6(5(20)2-4(15)7(8)16)12(25)23(3)9-10(17)14(18,19)13(26)22-11(9)24/h2,9-10H,15-20H2,1H3,(H,22,24,26). The SMILES string of the molecule is Bc1cc(N)c2c(=O)n(C3C(=O)NC(=O)C(B)(B)C3B)c(C)nc2c1B. The zero-order valence-corrected chi connectivity index (χ0v) is 15.9. The smallest absolute Gasteiger partial charge is 0.264 e. The molecule has 2 amide bonds. The van der Waals surface area contributed by atoms with Gasteiger partial charge in [-0.25, -0.2) is 4.98 Å². The van der Waals surface area contributed by atoms with Gasteiger partial charge in [0.15, 0.2) is 0 Å². The topological polar surface area (TPSA) is 107 Å². The van der Waals surface area contributed by atoms with Crippen LogP contribution < -0.4 is 27.5 Å². The lowest BCUT2D eigenvalue weighted by Gasteiger charge is -2.41. The number of nitrogens with zero attached hydrogens (tertiary/aromatic N) is 2. The molecule has 7 nitrogen and oxygen atoms in total. The van der Waals surface area contributed by atoms with E-state index in [0.29, 0.717) is 22.4 Å². The van der Waals surface area contributed by atoms with Crippen molar-refractivity contribution in [1.82, 2.24) is 14.9 Å². The molecule has 3 rings (SSSR count). The quantitative estimate of drug-likeness (QED) is 0.304. The molecule has 0 saturated carbocycles. The second-order valence-electron chi connectivity index (χ2n) is 7.74. The van der Waals surface area contributed by atoms with Gasteiger partial charge in [0.25, 0.3) is 5.56 Å². The zero-order valence-electron chi connectivity index (χ0n) is 15.9. The van der Waals surface area contributed by atoms with Crippen molar-refractivity contribution in [3.63, 3.8) is 0 Å². The summed E-state index contributed by atoms with van der Waals surface area (Å²) in [5.74, 6) is -0.785. The fourth-order valence-corrected chi connectivity index (χ4v) is 3.62. The Balaban J connectivity index is 2.35. The molecule has 2 heterocycles. The second kappa shape index (κ2) is 5.82. The molecule has 2 atom stereocenters. The van der Waals surface area contributed by atoms with E-state index < -0.39 is 17.2 Å². The van der Waals surface area contributed by atoms with Gasteiger partial charge in [-0.1, -0.05) is 10.9 Å². The van der Waals surface area contributed by atoms with Gasteiger partial charge in [0.05, 0.1) is 10.9 Å². The number of carbonyl (C=O) groups excluding carboxylic acids is 2. The molecule has 0 bridgehead atoms. The van der Waals surface area contributed by atoms with E-state index >= 15 is 0 Å². The summed E-state index contributed by atoms with van der Waals surface area (Å²) in [7, 11) is 9.15. The highest BCUT2D eigenvalue weighted by molar-refractivity contribution is 6.56. The summed E-state index contributed by atoms with van der Waals surface area (Å²) < 4.78 is 1.38. The van der Waals surface area contributed by atoms with Crippen LogP contribution in [-0.2, 0) is 9.59 Å². The van der Waals surface area contributed by atoms with Crippen LogP contribution in [0.3, 0.4) is 0 Å². The molecule has 0 radical (unpaired) electrons. The van der Waals surface area contributed by atoms with E-state index in [1.54, 1.807) is 36.5 Å². The fraction of sp³-hybridized carbons (Fsp3) is 0.286. The minimum atomic E-state index is -0.826. The van der Waals surface area contributed by atoms with Gasteiger partial charge in [0.2, 0.25) is 11.8 Å². The number of aromatic nitrogens is 2. The molecule has 2 unspecified atom stereocenters. The first kappa shape index (κ1) is 18.4. The number of nitrogen functional groups attached to an aromatic ring is 1. The van der Waals surface area contributed by atoms with Gasteiger partial charge in [-0.05, 0) is 24.0 Å². The first-order valence-corrected chi connectivity index (χ1v) is 8.62. The molecule has 1 saturated heterocycles. The maximum Gasteiger partial charge on any atom is 0.264 e. The summed E-state index contributed by atoms with van der Waals surface area (Å²) in [5.41, 5.74) is 8.49. The summed E-state index contributed by atoms with van der Waals surface area (Å²) in [6.07, 6.45) is 0. The lowest BCUT2D eigenvalue weighted by Crippen LogP contribution is -2.55. The molecule has 3 N–H and O–H groups in total. The van der Waals surface area contributed by atoms with E-state index in [4.69, 9.17) is 5.73 Å². The summed E-state index contributed by atoms with van der Waals surface area (Å²) in [6.45, 7) is 1.70. The second-order valence-corrected chi connectivity index (χ2v) is 7.74. The lowest BCUT2D eigenvalue weighted by atomic mass is 9.40. The number of rotatable bonds is 1. The molecule has 128 valence electrons. The predicted octanol–water partition coefficient (Wildman–Crippen LogP) is -6.19. The first-order chi connectivity index (χ1) is 12.0. The number of aryl methyl sites for hydroxylation is 1. The number of carbonyl (C=O) groups is 2. The minimum Gasteiger partial charge on any atom is -0.398 e. The molecular formula is C14H19B5N4O3. The van der Waals surface area contributed by atoms with E-state index in [9.17, 15) is 14.4 Å². The number of nitrogens with one attached hydrogen (secondary N) is 1. The Labute approximate surface area is 155 Å². The first-order valence-electron chi connectivity index (χ1n) is 8.62. The largest absolute Gasteiger partial charge is 0.398 e. The Kier molecular flexibility index (Phi) is 4.12. The number of fused-ring (bicyclic) bond motifs is 1. The van der Waals surface area contributed by atoms with Crippen molar-refractivity contribution in [1.29, 1.82) is 0 Å². The molecule has 0 spiro atoms. The monoisotopic (exact) mass is 346 g/mol. The molecule has 0 aliphatic carbocycles. The number of anilines is 1. The number of nitrogens with two attached hydrogens (primary N) is 1. The van der Waals surface area contributed by atoms with Crippen LogP contribution in [0.1, 0.15) is 11.9 Å². The van der Waals surface area contributed by atoms with Crippen molar-refractivity contribution in [3.8, 4) is 0 Å².